The standard InChI is InChI=1S/C25H24N2O4S/c1-18-8-3-4-9-19(18)17-32(29,30)24-15-27(23-13-6-5-12-22(23)24)16-25(28)26-20-10-7-11-21(14-20)31-2/h3-15H,16-17H2,1-2H3,(H,26,28). The highest BCUT2D eigenvalue weighted by Crippen LogP contribution is 2.29. The number of ether oxygens (including phenoxy) is 1. The number of anilines is 1. The van der Waals surface area contributed by atoms with E-state index < -0.39 is 9.84 Å². The fourth-order valence-corrected chi connectivity index (χ4v) is 5.39. The maximum absolute atomic E-state index is 13.3. The molecule has 0 aliphatic rings. The van der Waals surface area contributed by atoms with Gasteiger partial charge < -0.3 is 14.6 Å². The van der Waals surface area contributed by atoms with Gasteiger partial charge in [0, 0.05) is 28.9 Å². The van der Waals surface area contributed by atoms with E-state index in [9.17, 15) is 13.2 Å². The minimum absolute atomic E-state index is 0.0163. The summed E-state index contributed by atoms with van der Waals surface area (Å²) in [7, 11) is -2.05. The average molecular weight is 449 g/mol. The number of rotatable bonds is 7. The Kier molecular flexibility index (Phi) is 6.01. The third-order valence-electron chi connectivity index (χ3n) is 5.36. The molecule has 1 N–H and O–H groups in total. The highest BCUT2D eigenvalue weighted by atomic mass is 32.2. The molecular formula is C25H24N2O4S. The van der Waals surface area contributed by atoms with Crippen LogP contribution in [-0.2, 0) is 26.9 Å². The number of fused-ring (bicyclic) bond motifs is 1. The lowest BCUT2D eigenvalue weighted by Gasteiger charge is -2.08. The van der Waals surface area contributed by atoms with Crippen molar-refractivity contribution in [2.24, 2.45) is 0 Å². The number of aromatic nitrogens is 1. The number of benzene rings is 3. The van der Waals surface area contributed by atoms with E-state index in [1.807, 2.05) is 43.3 Å². The summed E-state index contributed by atoms with van der Waals surface area (Å²) in [6.45, 7) is 1.88. The van der Waals surface area contributed by atoms with E-state index in [4.69, 9.17) is 4.74 Å². The zero-order chi connectivity index (χ0) is 22.7. The van der Waals surface area contributed by atoms with E-state index in [-0.39, 0.29) is 23.1 Å². The predicted octanol–water partition coefficient (Wildman–Crippen LogP) is 4.57. The van der Waals surface area contributed by atoms with Crippen LogP contribution in [0.4, 0.5) is 5.69 Å². The molecule has 7 heteroatoms. The predicted molar refractivity (Wildman–Crippen MR) is 126 cm³/mol. The molecule has 0 bridgehead atoms. The molecule has 164 valence electrons. The quantitative estimate of drug-likeness (QED) is 0.449. The Hall–Kier alpha value is -3.58. The van der Waals surface area contributed by atoms with Crippen molar-refractivity contribution in [2.45, 2.75) is 24.1 Å². The molecule has 0 spiro atoms. The molecule has 1 amide bonds. The summed E-state index contributed by atoms with van der Waals surface area (Å²) in [6, 6.07) is 21.8. The summed E-state index contributed by atoms with van der Waals surface area (Å²) in [6.07, 6.45) is 1.56. The molecule has 0 atom stereocenters. The molecule has 32 heavy (non-hydrogen) atoms. The Morgan fingerprint density at radius 3 is 2.53 bits per heavy atom. The third-order valence-corrected chi connectivity index (χ3v) is 7.05. The smallest absolute Gasteiger partial charge is 0.244 e. The van der Waals surface area contributed by atoms with Gasteiger partial charge in [0.2, 0.25) is 5.91 Å². The number of para-hydroxylation sites is 1. The zero-order valence-electron chi connectivity index (χ0n) is 17.9. The van der Waals surface area contributed by atoms with Crippen LogP contribution in [0.1, 0.15) is 11.1 Å². The molecule has 1 aromatic heterocycles. The number of sulfone groups is 1. The van der Waals surface area contributed by atoms with E-state index in [0.717, 1.165) is 11.1 Å². The Bertz CT molecular complexity index is 1390. The number of methoxy groups -OCH3 is 1. The SMILES string of the molecule is COc1cccc(NC(=O)Cn2cc(S(=O)(=O)Cc3ccccc3C)c3ccccc32)c1. The third kappa shape index (κ3) is 4.53. The summed E-state index contributed by atoms with van der Waals surface area (Å²) in [5, 5.41) is 3.44. The summed E-state index contributed by atoms with van der Waals surface area (Å²) >= 11 is 0. The Morgan fingerprint density at radius 1 is 1.00 bits per heavy atom. The molecule has 0 saturated carbocycles. The van der Waals surface area contributed by atoms with Gasteiger partial charge in [-0.2, -0.15) is 0 Å². The zero-order valence-corrected chi connectivity index (χ0v) is 18.7. The van der Waals surface area contributed by atoms with E-state index >= 15 is 0 Å². The number of nitrogens with zero attached hydrogens (tertiary/aromatic N) is 1. The molecule has 0 fully saturated rings. The first-order valence-corrected chi connectivity index (χ1v) is 11.8. The summed E-state index contributed by atoms with van der Waals surface area (Å²) in [5.41, 5.74) is 2.99. The van der Waals surface area contributed by atoms with Crippen molar-refractivity contribution < 1.29 is 17.9 Å². The second kappa shape index (κ2) is 8.88. The molecule has 3 aromatic carbocycles. The van der Waals surface area contributed by atoms with Gasteiger partial charge >= 0.3 is 0 Å². The van der Waals surface area contributed by atoms with Crippen molar-refractivity contribution in [1.29, 1.82) is 0 Å². The number of amides is 1. The maximum Gasteiger partial charge on any atom is 0.244 e. The average Bonchev–Trinajstić information content (AvgIpc) is 3.15. The second-order valence-corrected chi connectivity index (χ2v) is 9.56. The molecule has 4 rings (SSSR count). The van der Waals surface area contributed by atoms with Crippen molar-refractivity contribution >= 4 is 32.3 Å². The first kappa shape index (κ1) is 21.6. The number of carbonyl (C=O) groups is 1. The minimum Gasteiger partial charge on any atom is -0.497 e. The lowest BCUT2D eigenvalue weighted by molar-refractivity contribution is -0.116. The van der Waals surface area contributed by atoms with E-state index in [1.54, 1.807) is 54.3 Å². The van der Waals surface area contributed by atoms with Gasteiger partial charge in [0.25, 0.3) is 0 Å². The molecule has 0 aliphatic heterocycles. The van der Waals surface area contributed by atoms with E-state index in [2.05, 4.69) is 5.32 Å². The van der Waals surface area contributed by atoms with Crippen LogP contribution < -0.4 is 10.1 Å². The van der Waals surface area contributed by atoms with Gasteiger partial charge in [-0.05, 0) is 36.2 Å². The normalized spacial score (nSPS) is 11.4. The Labute approximate surface area is 187 Å². The number of hydrogen-bond acceptors (Lipinski definition) is 4. The topological polar surface area (TPSA) is 77.4 Å². The van der Waals surface area contributed by atoms with E-state index in [0.29, 0.717) is 22.3 Å². The minimum atomic E-state index is -3.61. The fraction of sp³-hybridized carbons (Fsp3) is 0.160. The molecule has 4 aromatic rings. The van der Waals surface area contributed by atoms with Crippen LogP contribution in [0.5, 0.6) is 5.75 Å². The van der Waals surface area contributed by atoms with Crippen molar-refractivity contribution in [1.82, 2.24) is 4.57 Å². The molecule has 0 aliphatic carbocycles. The highest BCUT2D eigenvalue weighted by Gasteiger charge is 2.23. The van der Waals surface area contributed by atoms with Crippen LogP contribution in [0, 0.1) is 6.92 Å². The van der Waals surface area contributed by atoms with Crippen LogP contribution in [0.3, 0.4) is 0 Å². The van der Waals surface area contributed by atoms with Crippen molar-refractivity contribution in [2.75, 3.05) is 12.4 Å². The van der Waals surface area contributed by atoms with Crippen molar-refractivity contribution in [3.8, 4) is 5.75 Å². The monoisotopic (exact) mass is 448 g/mol. The highest BCUT2D eigenvalue weighted by molar-refractivity contribution is 7.90. The van der Waals surface area contributed by atoms with Crippen LogP contribution >= 0.6 is 0 Å². The van der Waals surface area contributed by atoms with Crippen LogP contribution in [-0.4, -0.2) is 26.0 Å². The fourth-order valence-electron chi connectivity index (χ4n) is 3.70. The summed E-state index contributed by atoms with van der Waals surface area (Å²) in [4.78, 5) is 12.9. The second-order valence-electron chi connectivity index (χ2n) is 7.60. The van der Waals surface area contributed by atoms with Gasteiger partial charge in [0.05, 0.1) is 17.8 Å². The molecule has 1 heterocycles. The van der Waals surface area contributed by atoms with Crippen LogP contribution in [0.2, 0.25) is 0 Å². The molecule has 0 saturated heterocycles. The van der Waals surface area contributed by atoms with Crippen molar-refractivity contribution in [3.63, 3.8) is 0 Å². The number of hydrogen-bond donors (Lipinski definition) is 1. The van der Waals surface area contributed by atoms with Crippen LogP contribution in [0.15, 0.2) is 83.9 Å². The maximum atomic E-state index is 13.3. The summed E-state index contributed by atoms with van der Waals surface area (Å²) < 4.78 is 33.5. The molecule has 0 radical (unpaired) electrons. The lowest BCUT2D eigenvalue weighted by Crippen LogP contribution is -2.18. The first-order valence-electron chi connectivity index (χ1n) is 10.2. The van der Waals surface area contributed by atoms with Gasteiger partial charge in [-0.3, -0.25) is 4.79 Å². The van der Waals surface area contributed by atoms with Crippen LogP contribution in [0.25, 0.3) is 10.9 Å². The van der Waals surface area contributed by atoms with Gasteiger partial charge in [0.1, 0.15) is 12.3 Å². The van der Waals surface area contributed by atoms with Gasteiger partial charge in [-0.15, -0.1) is 0 Å². The molecule has 6 nitrogen and oxygen atoms in total. The number of aryl methyl sites for hydroxylation is 1. The Balaban J connectivity index is 1.64. The largest absolute Gasteiger partial charge is 0.497 e. The lowest BCUT2D eigenvalue weighted by atomic mass is 10.1. The summed E-state index contributed by atoms with van der Waals surface area (Å²) in [5.74, 6) is 0.282. The molecule has 0 unspecified atom stereocenters. The molecular weight excluding hydrogens is 424 g/mol. The van der Waals surface area contributed by atoms with Gasteiger partial charge in [0.15, 0.2) is 9.84 Å². The Morgan fingerprint density at radius 2 is 1.75 bits per heavy atom. The van der Waals surface area contributed by atoms with Gasteiger partial charge in [-0.25, -0.2) is 8.42 Å². The van der Waals surface area contributed by atoms with Crippen molar-refractivity contribution in [3.05, 3.63) is 90.1 Å². The van der Waals surface area contributed by atoms with Gasteiger partial charge in [-0.1, -0.05) is 48.5 Å². The number of carbonyl (C=O) groups excluding carboxylic acids is 1. The van der Waals surface area contributed by atoms with E-state index in [1.165, 1.54) is 0 Å². The first-order chi connectivity index (χ1) is 15.4. The number of nitrogens with one attached hydrogen (secondary N) is 1.